The predicted molar refractivity (Wildman–Crippen MR) is 44.9 cm³/mol. The van der Waals surface area contributed by atoms with Gasteiger partial charge in [-0.05, 0) is 19.3 Å². The van der Waals surface area contributed by atoms with Gasteiger partial charge in [-0.1, -0.05) is 19.0 Å². The maximum atomic E-state index is 5.18. The Bertz CT molecular complexity index is 276. The van der Waals surface area contributed by atoms with E-state index in [2.05, 4.69) is 24.0 Å². The molecule has 3 heteroatoms. The van der Waals surface area contributed by atoms with E-state index >= 15 is 0 Å². The van der Waals surface area contributed by atoms with E-state index in [-0.39, 0.29) is 5.41 Å². The fourth-order valence-electron chi connectivity index (χ4n) is 1.23. The zero-order valence-electron chi connectivity index (χ0n) is 7.63. The molecule has 0 bridgehead atoms. The molecule has 0 aromatic carbocycles. The van der Waals surface area contributed by atoms with Crippen molar-refractivity contribution in [1.82, 2.24) is 10.1 Å². The number of nitrogens with zero attached hydrogens (tertiary/aromatic N) is 2. The lowest BCUT2D eigenvalue weighted by molar-refractivity contribution is 0.349. The molecule has 0 radical (unpaired) electrons. The fraction of sp³-hybridized carbons (Fsp3) is 0.778. The molecule has 66 valence electrons. The lowest BCUT2D eigenvalue weighted by atomic mass is 10.1. The van der Waals surface area contributed by atoms with Crippen molar-refractivity contribution in [2.75, 3.05) is 0 Å². The molecule has 1 heterocycles. The molecule has 1 aromatic heterocycles. The average Bonchev–Trinajstić information content (AvgIpc) is 2.64. The highest BCUT2D eigenvalue weighted by Gasteiger charge is 2.44. The van der Waals surface area contributed by atoms with Crippen LogP contribution in [0.25, 0.3) is 0 Å². The first-order valence-electron chi connectivity index (χ1n) is 4.58. The van der Waals surface area contributed by atoms with Crippen LogP contribution in [0.4, 0.5) is 0 Å². The van der Waals surface area contributed by atoms with E-state index in [4.69, 9.17) is 4.52 Å². The summed E-state index contributed by atoms with van der Waals surface area (Å²) in [6.45, 7) is 4.30. The van der Waals surface area contributed by atoms with Gasteiger partial charge in [-0.2, -0.15) is 4.98 Å². The van der Waals surface area contributed by atoms with E-state index in [0.29, 0.717) is 0 Å². The first-order chi connectivity index (χ1) is 5.74. The van der Waals surface area contributed by atoms with E-state index in [1.165, 1.54) is 12.8 Å². The molecule has 0 N–H and O–H groups in total. The molecule has 3 nitrogen and oxygen atoms in total. The Kier molecular flexibility index (Phi) is 1.67. The van der Waals surface area contributed by atoms with Gasteiger partial charge >= 0.3 is 0 Å². The van der Waals surface area contributed by atoms with Crippen molar-refractivity contribution in [2.24, 2.45) is 0 Å². The Balaban J connectivity index is 2.13. The minimum atomic E-state index is 0.221. The van der Waals surface area contributed by atoms with E-state index < -0.39 is 0 Å². The molecule has 1 aliphatic carbocycles. The van der Waals surface area contributed by atoms with Crippen molar-refractivity contribution in [3.05, 3.63) is 11.7 Å². The van der Waals surface area contributed by atoms with Crippen molar-refractivity contribution in [1.29, 1.82) is 0 Å². The molecule has 0 amide bonds. The first kappa shape index (κ1) is 7.77. The topological polar surface area (TPSA) is 38.9 Å². The summed E-state index contributed by atoms with van der Waals surface area (Å²) in [5.41, 5.74) is 0.221. The highest BCUT2D eigenvalue weighted by molar-refractivity contribution is 5.12. The molecule has 1 saturated carbocycles. The summed E-state index contributed by atoms with van der Waals surface area (Å²) in [5.74, 6) is 1.70. The van der Waals surface area contributed by atoms with Gasteiger partial charge in [0.05, 0.1) is 0 Å². The van der Waals surface area contributed by atoms with E-state index in [1.807, 2.05) is 0 Å². The Morgan fingerprint density at radius 1 is 1.50 bits per heavy atom. The van der Waals surface area contributed by atoms with Gasteiger partial charge in [0, 0.05) is 11.8 Å². The Morgan fingerprint density at radius 3 is 2.83 bits per heavy atom. The Morgan fingerprint density at radius 2 is 2.25 bits per heavy atom. The quantitative estimate of drug-likeness (QED) is 0.690. The molecule has 1 fully saturated rings. The molecule has 0 spiro atoms. The van der Waals surface area contributed by atoms with Crippen LogP contribution >= 0.6 is 0 Å². The van der Waals surface area contributed by atoms with Crippen LogP contribution < -0.4 is 0 Å². The summed E-state index contributed by atoms with van der Waals surface area (Å²) < 4.78 is 5.18. The Hall–Kier alpha value is -0.860. The van der Waals surface area contributed by atoms with Crippen molar-refractivity contribution in [3.8, 4) is 0 Å². The molecule has 1 aromatic rings. The molecular weight excluding hydrogens is 152 g/mol. The number of hydrogen-bond acceptors (Lipinski definition) is 3. The number of rotatable bonds is 3. The van der Waals surface area contributed by atoms with Gasteiger partial charge < -0.3 is 4.52 Å². The monoisotopic (exact) mass is 166 g/mol. The molecule has 1 aliphatic rings. The van der Waals surface area contributed by atoms with Crippen LogP contribution in [0.2, 0.25) is 0 Å². The fourth-order valence-corrected chi connectivity index (χ4v) is 1.23. The minimum absolute atomic E-state index is 0.221. The average molecular weight is 166 g/mol. The van der Waals surface area contributed by atoms with Gasteiger partial charge in [0.15, 0.2) is 5.82 Å². The molecule has 0 saturated heterocycles. The van der Waals surface area contributed by atoms with Crippen LogP contribution in [0.1, 0.15) is 44.8 Å². The third-order valence-corrected chi connectivity index (χ3v) is 2.46. The predicted octanol–water partition coefficient (Wildman–Crippen LogP) is 2.07. The van der Waals surface area contributed by atoms with E-state index in [9.17, 15) is 0 Å². The maximum absolute atomic E-state index is 5.18. The van der Waals surface area contributed by atoms with Crippen molar-refractivity contribution >= 4 is 0 Å². The van der Waals surface area contributed by atoms with Crippen LogP contribution in [0.5, 0.6) is 0 Å². The van der Waals surface area contributed by atoms with Crippen LogP contribution in [0.15, 0.2) is 4.52 Å². The van der Waals surface area contributed by atoms with Gasteiger partial charge in [-0.15, -0.1) is 0 Å². The smallest absolute Gasteiger partial charge is 0.232 e. The highest BCUT2D eigenvalue weighted by Crippen LogP contribution is 2.46. The first-order valence-corrected chi connectivity index (χ1v) is 4.58. The lowest BCUT2D eigenvalue weighted by Gasteiger charge is -1.96. The molecular formula is C9H14N2O. The summed E-state index contributed by atoms with van der Waals surface area (Å²) in [6, 6.07) is 0. The van der Waals surface area contributed by atoms with Crippen LogP contribution in [-0.2, 0) is 11.8 Å². The van der Waals surface area contributed by atoms with Gasteiger partial charge in [-0.3, -0.25) is 0 Å². The van der Waals surface area contributed by atoms with Crippen LogP contribution in [0.3, 0.4) is 0 Å². The summed E-state index contributed by atoms with van der Waals surface area (Å²) in [4.78, 5) is 4.36. The normalized spacial score (nSPS) is 19.5. The third-order valence-electron chi connectivity index (χ3n) is 2.46. The van der Waals surface area contributed by atoms with Crippen molar-refractivity contribution in [2.45, 2.75) is 44.9 Å². The van der Waals surface area contributed by atoms with Gasteiger partial charge in [0.1, 0.15) is 0 Å². The second kappa shape index (κ2) is 2.57. The number of aromatic nitrogens is 2. The molecule has 0 aliphatic heterocycles. The zero-order valence-corrected chi connectivity index (χ0v) is 7.63. The van der Waals surface area contributed by atoms with Crippen molar-refractivity contribution in [3.63, 3.8) is 0 Å². The van der Waals surface area contributed by atoms with E-state index in [1.54, 1.807) is 0 Å². The summed E-state index contributed by atoms with van der Waals surface area (Å²) >= 11 is 0. The minimum Gasteiger partial charge on any atom is -0.339 e. The Labute approximate surface area is 72.2 Å². The second-order valence-electron chi connectivity index (χ2n) is 3.83. The number of aryl methyl sites for hydroxylation is 1. The van der Waals surface area contributed by atoms with Gasteiger partial charge in [-0.25, -0.2) is 0 Å². The third kappa shape index (κ3) is 1.24. The van der Waals surface area contributed by atoms with Gasteiger partial charge in [0.25, 0.3) is 0 Å². The molecule has 12 heavy (non-hydrogen) atoms. The molecule has 2 rings (SSSR count). The zero-order chi connectivity index (χ0) is 8.60. The highest BCUT2D eigenvalue weighted by atomic mass is 16.5. The summed E-state index contributed by atoms with van der Waals surface area (Å²) in [7, 11) is 0. The second-order valence-corrected chi connectivity index (χ2v) is 3.83. The SMILES string of the molecule is CCCc1noc(C2(C)CC2)n1. The summed E-state index contributed by atoms with van der Waals surface area (Å²) in [6.07, 6.45) is 4.40. The number of hydrogen-bond donors (Lipinski definition) is 0. The molecule has 0 unspecified atom stereocenters. The van der Waals surface area contributed by atoms with Crippen LogP contribution in [0, 0.1) is 0 Å². The van der Waals surface area contributed by atoms with E-state index in [0.717, 1.165) is 24.6 Å². The summed E-state index contributed by atoms with van der Waals surface area (Å²) in [5, 5.41) is 3.93. The lowest BCUT2D eigenvalue weighted by Crippen LogP contribution is -1.99. The van der Waals surface area contributed by atoms with Crippen molar-refractivity contribution < 1.29 is 4.52 Å². The standard InChI is InChI=1S/C9H14N2O/c1-3-4-7-10-8(12-11-7)9(2)5-6-9/h3-6H2,1-2H3. The largest absolute Gasteiger partial charge is 0.339 e. The maximum Gasteiger partial charge on any atom is 0.232 e. The van der Waals surface area contributed by atoms with Gasteiger partial charge in [0.2, 0.25) is 5.89 Å². The van der Waals surface area contributed by atoms with Crippen LogP contribution in [-0.4, -0.2) is 10.1 Å². The molecule has 0 atom stereocenters.